The van der Waals surface area contributed by atoms with Gasteiger partial charge in [0.2, 0.25) is 5.91 Å². The Bertz CT molecular complexity index is 239. The van der Waals surface area contributed by atoms with Crippen LogP contribution in [0.15, 0.2) is 0 Å². The Labute approximate surface area is 117 Å². The van der Waals surface area contributed by atoms with Gasteiger partial charge < -0.3 is 15.4 Å². The molecule has 0 radical (unpaired) electrons. The van der Waals surface area contributed by atoms with Crippen molar-refractivity contribution in [3.8, 4) is 0 Å². The van der Waals surface area contributed by atoms with Gasteiger partial charge in [0.25, 0.3) is 0 Å². The van der Waals surface area contributed by atoms with Crippen molar-refractivity contribution in [2.75, 3.05) is 32.8 Å². The van der Waals surface area contributed by atoms with Crippen LogP contribution in [0.2, 0.25) is 0 Å². The molecule has 1 fully saturated rings. The van der Waals surface area contributed by atoms with E-state index in [0.717, 1.165) is 25.8 Å². The number of carbonyl (C=O) groups is 1. The van der Waals surface area contributed by atoms with Crippen LogP contribution in [0.3, 0.4) is 0 Å². The van der Waals surface area contributed by atoms with E-state index < -0.39 is 0 Å². The molecular formula is C13H27ClN2O2. The van der Waals surface area contributed by atoms with Gasteiger partial charge in [-0.15, -0.1) is 12.4 Å². The summed E-state index contributed by atoms with van der Waals surface area (Å²) in [6, 6.07) is 0. The number of nitrogens with zero attached hydrogens (tertiary/aromatic N) is 1. The zero-order valence-corrected chi connectivity index (χ0v) is 12.4. The highest BCUT2D eigenvalue weighted by Gasteiger charge is 2.34. The Morgan fingerprint density at radius 1 is 1.39 bits per heavy atom. The van der Waals surface area contributed by atoms with Gasteiger partial charge in [0.05, 0.1) is 6.61 Å². The number of nitrogens with two attached hydrogens (primary N) is 1. The van der Waals surface area contributed by atoms with E-state index in [1.165, 1.54) is 0 Å². The minimum absolute atomic E-state index is 0. The highest BCUT2D eigenvalue weighted by Crippen LogP contribution is 2.32. The highest BCUT2D eigenvalue weighted by atomic mass is 35.5. The number of hydrogen-bond donors (Lipinski definition) is 1. The van der Waals surface area contributed by atoms with Gasteiger partial charge in [0.1, 0.15) is 0 Å². The maximum absolute atomic E-state index is 12.4. The third-order valence-corrected chi connectivity index (χ3v) is 3.68. The first-order valence-electron chi connectivity index (χ1n) is 6.81. The number of ether oxygens (including phenoxy) is 1. The van der Waals surface area contributed by atoms with Crippen LogP contribution in [-0.4, -0.2) is 43.7 Å². The Kier molecular flexibility index (Phi) is 9.42. The first-order valence-corrected chi connectivity index (χ1v) is 6.81. The second-order valence-corrected chi connectivity index (χ2v) is 4.65. The molecule has 0 bridgehead atoms. The molecule has 4 nitrogen and oxygen atoms in total. The predicted octanol–water partition coefficient (Wildman–Crippen LogP) is 1.67. The zero-order valence-electron chi connectivity index (χ0n) is 11.6. The summed E-state index contributed by atoms with van der Waals surface area (Å²) in [7, 11) is 0. The lowest BCUT2D eigenvalue weighted by molar-refractivity contribution is -0.137. The highest BCUT2D eigenvalue weighted by molar-refractivity contribution is 5.85. The van der Waals surface area contributed by atoms with Gasteiger partial charge in [-0.1, -0.05) is 6.42 Å². The first kappa shape index (κ1) is 17.7. The lowest BCUT2D eigenvalue weighted by atomic mass is 9.95. The lowest BCUT2D eigenvalue weighted by Crippen LogP contribution is -2.40. The van der Waals surface area contributed by atoms with E-state index in [1.54, 1.807) is 0 Å². The Morgan fingerprint density at radius 2 is 2.11 bits per heavy atom. The smallest absolute Gasteiger partial charge is 0.226 e. The number of amides is 1. The van der Waals surface area contributed by atoms with Crippen molar-refractivity contribution < 1.29 is 9.53 Å². The molecule has 2 atom stereocenters. The molecule has 5 heteroatoms. The lowest BCUT2D eigenvalue weighted by Gasteiger charge is -2.26. The second kappa shape index (κ2) is 9.59. The Morgan fingerprint density at radius 3 is 2.67 bits per heavy atom. The maximum atomic E-state index is 12.4. The average Bonchev–Trinajstić information content (AvgIpc) is 2.82. The maximum Gasteiger partial charge on any atom is 0.226 e. The Balaban J connectivity index is 0.00000289. The number of likely N-dealkylation sites (N-methyl/N-ethyl adjacent to an activating group) is 1. The van der Waals surface area contributed by atoms with E-state index in [4.69, 9.17) is 10.5 Å². The van der Waals surface area contributed by atoms with E-state index in [0.29, 0.717) is 32.2 Å². The van der Waals surface area contributed by atoms with Gasteiger partial charge in [-0.05, 0) is 39.2 Å². The number of halogens is 1. The van der Waals surface area contributed by atoms with Crippen molar-refractivity contribution in [1.82, 2.24) is 4.90 Å². The van der Waals surface area contributed by atoms with Gasteiger partial charge in [-0.2, -0.15) is 0 Å². The second-order valence-electron chi connectivity index (χ2n) is 4.65. The van der Waals surface area contributed by atoms with Crippen molar-refractivity contribution in [2.24, 2.45) is 17.6 Å². The third-order valence-electron chi connectivity index (χ3n) is 3.68. The van der Waals surface area contributed by atoms with Crippen LogP contribution in [-0.2, 0) is 9.53 Å². The van der Waals surface area contributed by atoms with E-state index in [9.17, 15) is 4.79 Å². The van der Waals surface area contributed by atoms with Crippen LogP contribution < -0.4 is 5.73 Å². The van der Waals surface area contributed by atoms with E-state index in [2.05, 4.69) is 0 Å². The molecule has 0 aliphatic heterocycles. The zero-order chi connectivity index (χ0) is 12.7. The summed E-state index contributed by atoms with van der Waals surface area (Å²) in [4.78, 5) is 14.3. The molecular weight excluding hydrogens is 252 g/mol. The van der Waals surface area contributed by atoms with Gasteiger partial charge in [-0.3, -0.25) is 4.79 Å². The van der Waals surface area contributed by atoms with E-state index >= 15 is 0 Å². The number of carbonyl (C=O) groups excluding carboxylic acids is 1. The summed E-state index contributed by atoms with van der Waals surface area (Å²) >= 11 is 0. The quantitative estimate of drug-likeness (QED) is 0.721. The molecule has 0 aromatic heterocycles. The van der Waals surface area contributed by atoms with Crippen molar-refractivity contribution in [2.45, 2.75) is 33.1 Å². The van der Waals surface area contributed by atoms with Crippen molar-refractivity contribution in [1.29, 1.82) is 0 Å². The molecule has 0 aromatic carbocycles. The van der Waals surface area contributed by atoms with Crippen LogP contribution in [0.1, 0.15) is 33.1 Å². The van der Waals surface area contributed by atoms with Gasteiger partial charge in [-0.25, -0.2) is 0 Å². The fourth-order valence-corrected chi connectivity index (χ4v) is 2.62. The monoisotopic (exact) mass is 278 g/mol. The minimum Gasteiger partial charge on any atom is -0.380 e. The van der Waals surface area contributed by atoms with Gasteiger partial charge in [0, 0.05) is 25.6 Å². The predicted molar refractivity (Wildman–Crippen MR) is 75.9 cm³/mol. The normalized spacial score (nSPS) is 22.6. The van der Waals surface area contributed by atoms with E-state index in [-0.39, 0.29) is 24.2 Å². The van der Waals surface area contributed by atoms with Crippen LogP contribution in [0.4, 0.5) is 0 Å². The summed E-state index contributed by atoms with van der Waals surface area (Å²) in [5.74, 6) is 0.824. The van der Waals surface area contributed by atoms with Crippen LogP contribution in [0, 0.1) is 11.8 Å². The molecule has 1 aliphatic carbocycles. The molecule has 18 heavy (non-hydrogen) atoms. The summed E-state index contributed by atoms with van der Waals surface area (Å²) in [5, 5.41) is 0. The molecule has 0 aromatic rings. The third kappa shape index (κ3) is 4.75. The van der Waals surface area contributed by atoms with Crippen LogP contribution in [0.25, 0.3) is 0 Å². The van der Waals surface area contributed by atoms with Gasteiger partial charge >= 0.3 is 0 Å². The number of hydrogen-bond acceptors (Lipinski definition) is 3. The molecule has 1 rings (SSSR count). The largest absolute Gasteiger partial charge is 0.380 e. The molecule has 0 saturated heterocycles. The summed E-state index contributed by atoms with van der Waals surface area (Å²) in [5.41, 5.74) is 5.73. The van der Waals surface area contributed by atoms with Crippen LogP contribution >= 0.6 is 12.4 Å². The Hall–Kier alpha value is -0.320. The molecule has 0 heterocycles. The topological polar surface area (TPSA) is 55.6 Å². The minimum atomic E-state index is 0. The van der Waals surface area contributed by atoms with Crippen molar-refractivity contribution in [3.05, 3.63) is 0 Å². The summed E-state index contributed by atoms with van der Waals surface area (Å²) < 4.78 is 5.31. The summed E-state index contributed by atoms with van der Waals surface area (Å²) in [6.07, 6.45) is 3.25. The molecule has 0 spiro atoms. The van der Waals surface area contributed by atoms with Crippen molar-refractivity contribution in [3.63, 3.8) is 0 Å². The fraction of sp³-hybridized carbons (Fsp3) is 0.923. The molecule has 2 N–H and O–H groups in total. The summed E-state index contributed by atoms with van der Waals surface area (Å²) in [6.45, 7) is 7.45. The van der Waals surface area contributed by atoms with Crippen molar-refractivity contribution >= 4 is 18.3 Å². The van der Waals surface area contributed by atoms with Crippen LogP contribution in [0.5, 0.6) is 0 Å². The molecule has 1 saturated carbocycles. The molecule has 108 valence electrons. The number of rotatable bonds is 7. The molecule has 0 unspecified atom stereocenters. The molecule has 1 amide bonds. The van der Waals surface area contributed by atoms with Gasteiger partial charge in [0.15, 0.2) is 0 Å². The molecule has 1 aliphatic rings. The standard InChI is InChI=1S/C13H26N2O2.ClH/c1-3-15(8-9-17-4-2)13(16)12-7-5-6-11(12)10-14;/h11-12H,3-10,14H2,1-2H3;1H/t11-,12-;/m1./s1. The average molecular weight is 279 g/mol. The SMILES string of the molecule is CCOCCN(CC)C(=O)[C@@H]1CCC[C@@H]1CN.Cl. The fourth-order valence-electron chi connectivity index (χ4n) is 2.62. The first-order chi connectivity index (χ1) is 8.24. The van der Waals surface area contributed by atoms with E-state index in [1.807, 2.05) is 18.7 Å².